The molecule has 0 radical (unpaired) electrons. The summed E-state index contributed by atoms with van der Waals surface area (Å²) in [6.45, 7) is 4.33. The molecule has 1 aromatic carbocycles. The first-order chi connectivity index (χ1) is 11.6. The molecule has 2 aromatic heterocycles. The van der Waals surface area contributed by atoms with Crippen LogP contribution in [0.25, 0.3) is 16.6 Å². The molecule has 3 heteroatoms. The zero-order valence-corrected chi connectivity index (χ0v) is 14.5. The minimum Gasteiger partial charge on any atom is -0.328 e. The molecule has 0 aliphatic heterocycles. The second kappa shape index (κ2) is 6.06. The SMILES string of the molecule is Cc1ccc(-n2cc(C3CCC(N)CC3)c3ccncc32)c(C)c1. The number of benzene rings is 1. The molecule has 1 fully saturated rings. The van der Waals surface area contributed by atoms with E-state index in [1.165, 1.54) is 46.1 Å². The van der Waals surface area contributed by atoms with Crippen LogP contribution in [0.5, 0.6) is 0 Å². The van der Waals surface area contributed by atoms with Gasteiger partial charge in [0.1, 0.15) is 0 Å². The van der Waals surface area contributed by atoms with Gasteiger partial charge in [0.05, 0.1) is 11.7 Å². The number of rotatable bonds is 2. The standard InChI is InChI=1S/C21H25N3/c1-14-3-8-20(15(2)11-14)24-13-19(16-4-6-17(22)7-5-16)18-9-10-23-12-21(18)24/h3,8-13,16-17H,4-7,22H2,1-2H3. The molecule has 1 aliphatic rings. The molecule has 0 spiro atoms. The summed E-state index contributed by atoms with van der Waals surface area (Å²) in [7, 11) is 0. The van der Waals surface area contributed by atoms with Crippen molar-refractivity contribution in [2.24, 2.45) is 5.73 Å². The number of fused-ring (bicyclic) bond motifs is 1. The Labute approximate surface area is 143 Å². The summed E-state index contributed by atoms with van der Waals surface area (Å²) < 4.78 is 2.32. The maximum atomic E-state index is 6.10. The van der Waals surface area contributed by atoms with Gasteiger partial charge in [-0.3, -0.25) is 4.98 Å². The van der Waals surface area contributed by atoms with Crippen molar-refractivity contribution in [3.8, 4) is 5.69 Å². The fraction of sp³-hybridized carbons (Fsp3) is 0.381. The molecule has 0 amide bonds. The van der Waals surface area contributed by atoms with Crippen molar-refractivity contribution < 1.29 is 0 Å². The van der Waals surface area contributed by atoms with Gasteiger partial charge in [0.25, 0.3) is 0 Å². The number of aromatic nitrogens is 2. The Morgan fingerprint density at radius 2 is 1.88 bits per heavy atom. The van der Waals surface area contributed by atoms with E-state index < -0.39 is 0 Å². The maximum Gasteiger partial charge on any atom is 0.0715 e. The fourth-order valence-electron chi connectivity index (χ4n) is 4.13. The van der Waals surface area contributed by atoms with E-state index in [0.717, 1.165) is 12.8 Å². The zero-order valence-electron chi connectivity index (χ0n) is 14.5. The monoisotopic (exact) mass is 319 g/mol. The minimum atomic E-state index is 0.385. The lowest BCUT2D eigenvalue weighted by Crippen LogP contribution is -2.25. The summed E-state index contributed by atoms with van der Waals surface area (Å²) >= 11 is 0. The Hall–Kier alpha value is -2.13. The number of hydrogen-bond acceptors (Lipinski definition) is 2. The predicted octanol–water partition coefficient (Wildman–Crippen LogP) is 4.63. The first-order valence-electron chi connectivity index (χ1n) is 8.91. The van der Waals surface area contributed by atoms with Crippen LogP contribution in [0.3, 0.4) is 0 Å². The van der Waals surface area contributed by atoms with Crippen LogP contribution in [-0.4, -0.2) is 15.6 Å². The highest BCUT2D eigenvalue weighted by Crippen LogP contribution is 2.38. The van der Waals surface area contributed by atoms with Crippen molar-refractivity contribution >= 4 is 10.9 Å². The highest BCUT2D eigenvalue weighted by atomic mass is 15.0. The second-order valence-corrected chi connectivity index (χ2v) is 7.25. The maximum absolute atomic E-state index is 6.10. The van der Waals surface area contributed by atoms with Crippen LogP contribution >= 0.6 is 0 Å². The molecule has 2 N–H and O–H groups in total. The lowest BCUT2D eigenvalue weighted by atomic mass is 9.82. The van der Waals surface area contributed by atoms with E-state index in [0.29, 0.717) is 12.0 Å². The van der Waals surface area contributed by atoms with E-state index >= 15 is 0 Å². The van der Waals surface area contributed by atoms with Gasteiger partial charge in [-0.05, 0) is 68.7 Å². The number of hydrogen-bond donors (Lipinski definition) is 1. The van der Waals surface area contributed by atoms with Crippen LogP contribution < -0.4 is 5.73 Å². The van der Waals surface area contributed by atoms with Crippen LogP contribution in [0, 0.1) is 13.8 Å². The van der Waals surface area contributed by atoms with Gasteiger partial charge >= 0.3 is 0 Å². The smallest absolute Gasteiger partial charge is 0.0715 e. The Kier molecular flexibility index (Phi) is 3.89. The Balaban J connectivity index is 1.85. The lowest BCUT2D eigenvalue weighted by Gasteiger charge is -2.25. The van der Waals surface area contributed by atoms with E-state index in [9.17, 15) is 0 Å². The highest BCUT2D eigenvalue weighted by molar-refractivity contribution is 5.85. The van der Waals surface area contributed by atoms with Gasteiger partial charge in [0.15, 0.2) is 0 Å². The zero-order chi connectivity index (χ0) is 16.7. The van der Waals surface area contributed by atoms with Crippen molar-refractivity contribution in [3.05, 3.63) is 59.5 Å². The van der Waals surface area contributed by atoms with Gasteiger partial charge in [0.2, 0.25) is 0 Å². The number of aryl methyl sites for hydroxylation is 2. The topological polar surface area (TPSA) is 43.8 Å². The molecular weight excluding hydrogens is 294 g/mol. The van der Waals surface area contributed by atoms with Gasteiger partial charge < -0.3 is 10.3 Å². The molecule has 1 aliphatic carbocycles. The average Bonchev–Trinajstić information content (AvgIpc) is 2.95. The van der Waals surface area contributed by atoms with Crippen molar-refractivity contribution in [1.29, 1.82) is 0 Å². The van der Waals surface area contributed by atoms with E-state index in [2.05, 4.69) is 53.9 Å². The molecule has 24 heavy (non-hydrogen) atoms. The van der Waals surface area contributed by atoms with Gasteiger partial charge in [-0.2, -0.15) is 0 Å². The largest absolute Gasteiger partial charge is 0.328 e. The quantitative estimate of drug-likeness (QED) is 0.748. The van der Waals surface area contributed by atoms with Crippen molar-refractivity contribution in [1.82, 2.24) is 9.55 Å². The normalized spacial score (nSPS) is 21.3. The molecule has 124 valence electrons. The van der Waals surface area contributed by atoms with Gasteiger partial charge in [-0.25, -0.2) is 0 Å². The summed E-state index contributed by atoms with van der Waals surface area (Å²) in [4.78, 5) is 4.38. The molecular formula is C21H25N3. The minimum absolute atomic E-state index is 0.385. The van der Waals surface area contributed by atoms with Crippen LogP contribution in [-0.2, 0) is 0 Å². The van der Waals surface area contributed by atoms with Crippen LogP contribution in [0.2, 0.25) is 0 Å². The highest BCUT2D eigenvalue weighted by Gasteiger charge is 2.23. The average molecular weight is 319 g/mol. The Bertz CT molecular complexity index is 870. The second-order valence-electron chi connectivity index (χ2n) is 7.25. The van der Waals surface area contributed by atoms with Crippen molar-refractivity contribution in [2.75, 3.05) is 0 Å². The summed E-state index contributed by atoms with van der Waals surface area (Å²) in [6.07, 6.45) is 10.9. The molecule has 1 saturated carbocycles. The van der Waals surface area contributed by atoms with Gasteiger partial charge in [-0.15, -0.1) is 0 Å². The van der Waals surface area contributed by atoms with Crippen molar-refractivity contribution in [2.45, 2.75) is 51.5 Å². The predicted molar refractivity (Wildman–Crippen MR) is 99.7 cm³/mol. The van der Waals surface area contributed by atoms with Crippen LogP contribution in [0.4, 0.5) is 0 Å². The number of nitrogens with zero attached hydrogens (tertiary/aromatic N) is 2. The number of nitrogens with two attached hydrogens (primary N) is 1. The summed E-state index contributed by atoms with van der Waals surface area (Å²) in [5.41, 5.74) is 12.6. The van der Waals surface area contributed by atoms with E-state index in [4.69, 9.17) is 5.73 Å². The lowest BCUT2D eigenvalue weighted by molar-refractivity contribution is 0.397. The third-order valence-corrected chi connectivity index (χ3v) is 5.46. The molecule has 3 aromatic rings. The van der Waals surface area contributed by atoms with Gasteiger partial charge in [-0.1, -0.05) is 17.7 Å². The summed E-state index contributed by atoms with van der Waals surface area (Å²) in [6, 6.07) is 9.20. The molecule has 0 bridgehead atoms. The fourth-order valence-corrected chi connectivity index (χ4v) is 4.13. The Morgan fingerprint density at radius 1 is 1.08 bits per heavy atom. The molecule has 0 saturated heterocycles. The third kappa shape index (κ3) is 2.63. The molecule has 0 unspecified atom stereocenters. The molecule has 2 heterocycles. The summed E-state index contributed by atoms with van der Waals surface area (Å²) in [5, 5.41) is 1.34. The van der Waals surface area contributed by atoms with E-state index in [-0.39, 0.29) is 0 Å². The first-order valence-corrected chi connectivity index (χ1v) is 8.91. The van der Waals surface area contributed by atoms with Crippen molar-refractivity contribution in [3.63, 3.8) is 0 Å². The Morgan fingerprint density at radius 3 is 2.62 bits per heavy atom. The van der Waals surface area contributed by atoms with Gasteiger partial charge in [0, 0.05) is 29.5 Å². The van der Waals surface area contributed by atoms with Crippen LogP contribution in [0.15, 0.2) is 42.9 Å². The molecule has 3 nitrogen and oxygen atoms in total. The molecule has 4 rings (SSSR count). The summed E-state index contributed by atoms with van der Waals surface area (Å²) in [5.74, 6) is 0.613. The van der Waals surface area contributed by atoms with Crippen LogP contribution in [0.1, 0.15) is 48.3 Å². The molecule has 0 atom stereocenters. The number of pyridine rings is 1. The van der Waals surface area contributed by atoms with E-state index in [1.807, 2.05) is 12.4 Å². The third-order valence-electron chi connectivity index (χ3n) is 5.46. The van der Waals surface area contributed by atoms with E-state index in [1.54, 1.807) is 0 Å². The first kappa shape index (κ1) is 15.4.